The van der Waals surface area contributed by atoms with Gasteiger partial charge in [0.2, 0.25) is 5.91 Å². The first-order chi connectivity index (χ1) is 8.91. The highest BCUT2D eigenvalue weighted by Gasteiger charge is 2.22. The van der Waals surface area contributed by atoms with Crippen LogP contribution in [0.1, 0.15) is 13.3 Å². The summed E-state index contributed by atoms with van der Waals surface area (Å²) in [4.78, 5) is 36.4. The third-order valence-electron chi connectivity index (χ3n) is 2.99. The van der Waals surface area contributed by atoms with Crippen molar-refractivity contribution < 1.29 is 24.6 Å². The minimum atomic E-state index is -1.46. The molecule has 8 heteroatoms. The van der Waals surface area contributed by atoms with Crippen LogP contribution < -0.4 is 5.32 Å². The van der Waals surface area contributed by atoms with Crippen molar-refractivity contribution in [1.29, 1.82) is 0 Å². The van der Waals surface area contributed by atoms with Gasteiger partial charge >= 0.3 is 12.0 Å². The molecule has 1 saturated heterocycles. The van der Waals surface area contributed by atoms with Crippen LogP contribution in [0.3, 0.4) is 0 Å². The Morgan fingerprint density at radius 2 is 1.68 bits per heavy atom. The van der Waals surface area contributed by atoms with Gasteiger partial charge in [-0.05, 0) is 0 Å². The SMILES string of the molecule is CC(=O)N1CCN(C(=O)NCC[C@H](O)C(=O)O)CC1. The molecule has 0 spiro atoms. The van der Waals surface area contributed by atoms with E-state index in [4.69, 9.17) is 10.2 Å². The predicted octanol–water partition coefficient (Wildman–Crippen LogP) is -1.30. The average molecular weight is 273 g/mol. The van der Waals surface area contributed by atoms with Crippen molar-refractivity contribution in [3.63, 3.8) is 0 Å². The topological polar surface area (TPSA) is 110 Å². The molecular weight excluding hydrogens is 254 g/mol. The summed E-state index contributed by atoms with van der Waals surface area (Å²) in [6, 6.07) is -0.305. The van der Waals surface area contributed by atoms with E-state index in [0.717, 1.165) is 0 Å². The third-order valence-corrected chi connectivity index (χ3v) is 2.99. The number of aliphatic carboxylic acids is 1. The zero-order valence-electron chi connectivity index (χ0n) is 10.8. The van der Waals surface area contributed by atoms with Crippen LogP contribution >= 0.6 is 0 Å². The molecule has 0 bridgehead atoms. The number of carbonyl (C=O) groups excluding carboxylic acids is 2. The molecule has 0 saturated carbocycles. The molecule has 3 N–H and O–H groups in total. The normalized spacial score (nSPS) is 16.9. The fourth-order valence-corrected chi connectivity index (χ4v) is 1.78. The summed E-state index contributed by atoms with van der Waals surface area (Å²) >= 11 is 0. The summed E-state index contributed by atoms with van der Waals surface area (Å²) in [6.45, 7) is 3.49. The van der Waals surface area contributed by atoms with Crippen LogP contribution in [-0.4, -0.2) is 76.7 Å². The monoisotopic (exact) mass is 273 g/mol. The Morgan fingerprint density at radius 3 is 2.16 bits per heavy atom. The van der Waals surface area contributed by atoms with E-state index in [0.29, 0.717) is 26.2 Å². The van der Waals surface area contributed by atoms with E-state index in [1.54, 1.807) is 9.80 Å². The zero-order valence-corrected chi connectivity index (χ0v) is 10.8. The van der Waals surface area contributed by atoms with Gasteiger partial charge in [-0.2, -0.15) is 0 Å². The number of hydrogen-bond donors (Lipinski definition) is 3. The van der Waals surface area contributed by atoms with Gasteiger partial charge in [0.15, 0.2) is 6.10 Å². The summed E-state index contributed by atoms with van der Waals surface area (Å²) in [6.07, 6.45) is -1.50. The van der Waals surface area contributed by atoms with Crippen LogP contribution in [0.5, 0.6) is 0 Å². The van der Waals surface area contributed by atoms with Gasteiger partial charge in [-0.25, -0.2) is 9.59 Å². The number of rotatable bonds is 4. The molecule has 1 aliphatic heterocycles. The lowest BCUT2D eigenvalue weighted by Crippen LogP contribution is -2.53. The van der Waals surface area contributed by atoms with E-state index in [-0.39, 0.29) is 24.9 Å². The Balaban J connectivity index is 2.24. The molecule has 0 aliphatic carbocycles. The highest BCUT2D eigenvalue weighted by atomic mass is 16.4. The average Bonchev–Trinajstić information content (AvgIpc) is 2.38. The fraction of sp³-hybridized carbons (Fsp3) is 0.727. The van der Waals surface area contributed by atoms with Gasteiger partial charge in [-0.3, -0.25) is 4.79 Å². The zero-order chi connectivity index (χ0) is 14.4. The summed E-state index contributed by atoms with van der Waals surface area (Å²) in [7, 11) is 0. The first kappa shape index (κ1) is 15.2. The van der Waals surface area contributed by atoms with Crippen molar-refractivity contribution in [2.75, 3.05) is 32.7 Å². The smallest absolute Gasteiger partial charge is 0.332 e. The van der Waals surface area contributed by atoms with Crippen LogP contribution in [0, 0.1) is 0 Å². The molecular formula is C11H19N3O5. The molecule has 1 rings (SSSR count). The number of aliphatic hydroxyl groups excluding tert-OH is 1. The van der Waals surface area contributed by atoms with E-state index in [1.807, 2.05) is 0 Å². The number of hydrogen-bond acceptors (Lipinski definition) is 4. The molecule has 0 aromatic heterocycles. The maximum atomic E-state index is 11.7. The Morgan fingerprint density at radius 1 is 1.16 bits per heavy atom. The molecule has 0 aromatic carbocycles. The minimum absolute atomic E-state index is 0.00959. The number of piperazine rings is 1. The molecule has 8 nitrogen and oxygen atoms in total. The molecule has 3 amide bonds. The van der Waals surface area contributed by atoms with Crippen LogP contribution in [0.15, 0.2) is 0 Å². The number of carboxylic acid groups (broad SMARTS) is 1. The molecule has 1 aliphatic rings. The number of nitrogens with zero attached hydrogens (tertiary/aromatic N) is 2. The van der Waals surface area contributed by atoms with Gasteiger partial charge in [0.05, 0.1) is 0 Å². The first-order valence-electron chi connectivity index (χ1n) is 6.11. The van der Waals surface area contributed by atoms with Gasteiger partial charge in [-0.1, -0.05) is 0 Å². The number of carboxylic acids is 1. The Hall–Kier alpha value is -1.83. The third kappa shape index (κ3) is 4.74. The van der Waals surface area contributed by atoms with Crippen molar-refractivity contribution in [2.45, 2.75) is 19.4 Å². The molecule has 19 heavy (non-hydrogen) atoms. The molecule has 108 valence electrons. The predicted molar refractivity (Wildman–Crippen MR) is 65.5 cm³/mol. The second kappa shape index (κ2) is 6.93. The van der Waals surface area contributed by atoms with Crippen LogP contribution in [-0.2, 0) is 9.59 Å². The lowest BCUT2D eigenvalue weighted by molar-refractivity contribution is -0.146. The van der Waals surface area contributed by atoms with Crippen molar-refractivity contribution in [3.8, 4) is 0 Å². The van der Waals surface area contributed by atoms with Crippen molar-refractivity contribution in [1.82, 2.24) is 15.1 Å². The van der Waals surface area contributed by atoms with E-state index < -0.39 is 12.1 Å². The van der Waals surface area contributed by atoms with Crippen LogP contribution in [0.2, 0.25) is 0 Å². The number of urea groups is 1. The van der Waals surface area contributed by atoms with Gasteiger partial charge in [0, 0.05) is 46.1 Å². The quantitative estimate of drug-likeness (QED) is 0.589. The highest BCUT2D eigenvalue weighted by molar-refractivity contribution is 5.76. The molecule has 1 fully saturated rings. The maximum Gasteiger partial charge on any atom is 0.332 e. The van der Waals surface area contributed by atoms with Gasteiger partial charge in [0.1, 0.15) is 0 Å². The van der Waals surface area contributed by atoms with Gasteiger partial charge in [-0.15, -0.1) is 0 Å². The Bertz CT molecular complexity index is 352. The largest absolute Gasteiger partial charge is 0.479 e. The van der Waals surface area contributed by atoms with Gasteiger partial charge < -0.3 is 25.3 Å². The molecule has 0 unspecified atom stereocenters. The standard InChI is InChI=1S/C11H19N3O5/c1-8(15)13-4-6-14(7-5-13)11(19)12-3-2-9(16)10(17)18/h9,16H,2-7H2,1H3,(H,12,19)(H,17,18)/t9-/m0/s1. The number of nitrogens with one attached hydrogen (secondary N) is 1. The molecule has 1 heterocycles. The lowest BCUT2D eigenvalue weighted by atomic mass is 10.2. The van der Waals surface area contributed by atoms with E-state index in [2.05, 4.69) is 5.32 Å². The number of carbonyl (C=O) groups is 3. The Labute approximate surface area is 111 Å². The van der Waals surface area contributed by atoms with Crippen molar-refractivity contribution in [2.24, 2.45) is 0 Å². The summed E-state index contributed by atoms with van der Waals surface area (Å²) < 4.78 is 0. The summed E-state index contributed by atoms with van der Waals surface area (Å²) in [5.74, 6) is -1.31. The molecule has 0 aromatic rings. The number of aliphatic hydroxyl groups is 1. The molecule has 1 atom stereocenters. The van der Waals surface area contributed by atoms with E-state index >= 15 is 0 Å². The maximum absolute atomic E-state index is 11.7. The van der Waals surface area contributed by atoms with E-state index in [9.17, 15) is 14.4 Å². The van der Waals surface area contributed by atoms with Crippen molar-refractivity contribution in [3.05, 3.63) is 0 Å². The summed E-state index contributed by atoms with van der Waals surface area (Å²) in [5.41, 5.74) is 0. The van der Waals surface area contributed by atoms with Crippen LogP contribution in [0.4, 0.5) is 4.79 Å². The van der Waals surface area contributed by atoms with Crippen molar-refractivity contribution >= 4 is 17.9 Å². The van der Waals surface area contributed by atoms with Gasteiger partial charge in [0.25, 0.3) is 0 Å². The van der Waals surface area contributed by atoms with E-state index in [1.165, 1.54) is 6.92 Å². The lowest BCUT2D eigenvalue weighted by Gasteiger charge is -2.34. The minimum Gasteiger partial charge on any atom is -0.479 e. The first-order valence-corrected chi connectivity index (χ1v) is 6.11. The fourth-order valence-electron chi connectivity index (χ4n) is 1.78. The second-order valence-corrected chi connectivity index (χ2v) is 4.37. The van der Waals surface area contributed by atoms with Crippen LogP contribution in [0.25, 0.3) is 0 Å². The number of amides is 3. The Kier molecular flexibility index (Phi) is 5.56. The summed E-state index contributed by atoms with van der Waals surface area (Å²) in [5, 5.41) is 20.0. The highest BCUT2D eigenvalue weighted by Crippen LogP contribution is 2.02. The molecule has 0 radical (unpaired) electrons. The second-order valence-electron chi connectivity index (χ2n) is 4.37.